The molecule has 5 nitrogen and oxygen atoms in total. The topological polar surface area (TPSA) is 70.6 Å². The second-order valence-electron chi connectivity index (χ2n) is 6.27. The quantitative estimate of drug-likeness (QED) is 0.198. The summed E-state index contributed by atoms with van der Waals surface area (Å²) in [6, 6.07) is 2.10. The Bertz CT molecular complexity index is 1070. The van der Waals surface area contributed by atoms with Crippen molar-refractivity contribution in [3.05, 3.63) is 50.8 Å². The molecule has 188 valence electrons. The van der Waals surface area contributed by atoms with Gasteiger partial charge < -0.3 is 10.1 Å². The third kappa shape index (κ3) is 5.39. The monoisotopic (exact) mass is 624 g/mol. The van der Waals surface area contributed by atoms with Crippen LogP contribution in [0.1, 0.15) is 15.9 Å². The van der Waals surface area contributed by atoms with E-state index in [0.29, 0.717) is 0 Å². The van der Waals surface area contributed by atoms with Crippen molar-refractivity contribution in [2.45, 2.75) is 24.4 Å². The Morgan fingerprint density at radius 1 is 0.941 bits per heavy atom. The highest BCUT2D eigenvalue weighted by atomic mass is 127. The number of hydrogen-bond acceptors (Lipinski definition) is 4. The summed E-state index contributed by atoms with van der Waals surface area (Å²) in [5.74, 6) is -4.79. The fourth-order valence-corrected chi connectivity index (χ4v) is 3.31. The minimum Gasteiger partial charge on any atom is -0.404 e. The second-order valence-corrected chi connectivity index (χ2v) is 7.43. The first-order valence-corrected chi connectivity index (χ1v) is 9.33. The maximum atomic E-state index is 14.4. The van der Waals surface area contributed by atoms with E-state index < -0.39 is 74.0 Å². The van der Waals surface area contributed by atoms with E-state index in [4.69, 9.17) is 5.21 Å². The van der Waals surface area contributed by atoms with Crippen molar-refractivity contribution >= 4 is 39.9 Å². The molecule has 0 saturated carbocycles. The number of amides is 1. The van der Waals surface area contributed by atoms with Crippen LogP contribution in [0, 0.1) is 9.39 Å². The average molecular weight is 624 g/mol. The zero-order chi connectivity index (χ0) is 26.3. The number of carbonyl (C=O) groups is 1. The molecule has 0 bridgehead atoms. The van der Waals surface area contributed by atoms with Gasteiger partial charge in [0.15, 0.2) is 11.6 Å². The summed E-state index contributed by atoms with van der Waals surface area (Å²) in [5, 5.41) is 10.4. The van der Waals surface area contributed by atoms with E-state index in [9.17, 15) is 53.1 Å². The number of benzene rings is 2. The molecule has 0 aliphatic heterocycles. The average Bonchev–Trinajstić information content (AvgIpc) is 2.66. The van der Waals surface area contributed by atoms with Gasteiger partial charge in [-0.15, -0.1) is 13.2 Å². The highest BCUT2D eigenvalue weighted by Gasteiger charge is 2.73. The van der Waals surface area contributed by atoms with Gasteiger partial charge in [0.1, 0.15) is 0 Å². The first-order chi connectivity index (χ1) is 15.3. The number of anilines is 2. The summed E-state index contributed by atoms with van der Waals surface area (Å²) in [7, 11) is 0. The Morgan fingerprint density at radius 2 is 1.50 bits per heavy atom. The van der Waals surface area contributed by atoms with Crippen molar-refractivity contribution in [1.82, 2.24) is 0 Å². The minimum atomic E-state index is -6.64. The Labute approximate surface area is 195 Å². The lowest BCUT2D eigenvalue weighted by molar-refractivity contribution is -0.348. The molecule has 1 amide bonds. The molecule has 0 radical (unpaired) electrons. The smallest absolute Gasteiger partial charge is 0.404 e. The molecule has 0 aliphatic carbocycles. The standard InChI is InChI=1S/C17H8F11IN2O3/c18-11-7(2-1-3-9(11)31-33)13(32)30-12-8(29)4-6(5-10(12)34-17(26,27)28)14(19,15(20,21)22)16(23,24)25/h1-5,31,33H,(H,30,32). The Kier molecular flexibility index (Phi) is 7.51. The Hall–Kier alpha value is -2.57. The van der Waals surface area contributed by atoms with Crippen LogP contribution in [0.5, 0.6) is 5.75 Å². The van der Waals surface area contributed by atoms with Crippen LogP contribution in [-0.4, -0.2) is 29.8 Å². The third-order valence-corrected chi connectivity index (χ3v) is 4.91. The molecule has 0 fully saturated rings. The fourth-order valence-electron chi connectivity index (χ4n) is 2.57. The molecule has 2 aromatic rings. The molecule has 2 aromatic carbocycles. The lowest BCUT2D eigenvalue weighted by Crippen LogP contribution is -2.50. The molecule has 3 N–H and O–H groups in total. The third-order valence-electron chi connectivity index (χ3n) is 4.06. The lowest BCUT2D eigenvalue weighted by atomic mass is 9.93. The minimum absolute atomic E-state index is 0.109. The van der Waals surface area contributed by atoms with Crippen molar-refractivity contribution in [3.63, 3.8) is 0 Å². The first-order valence-electron chi connectivity index (χ1n) is 8.25. The number of nitrogens with one attached hydrogen (secondary N) is 2. The van der Waals surface area contributed by atoms with E-state index in [-0.39, 0.29) is 6.07 Å². The van der Waals surface area contributed by atoms with Crippen molar-refractivity contribution in [2.75, 3.05) is 10.8 Å². The fraction of sp³-hybridized carbons (Fsp3) is 0.235. The predicted molar refractivity (Wildman–Crippen MR) is 101 cm³/mol. The van der Waals surface area contributed by atoms with E-state index in [2.05, 4.69) is 4.74 Å². The second kappa shape index (κ2) is 9.23. The largest absolute Gasteiger partial charge is 0.573 e. The first kappa shape index (κ1) is 27.7. The van der Waals surface area contributed by atoms with Gasteiger partial charge in [0.05, 0.1) is 16.9 Å². The predicted octanol–water partition coefficient (Wildman–Crippen LogP) is 6.67. The normalized spacial score (nSPS) is 13.0. The van der Waals surface area contributed by atoms with Gasteiger partial charge in [0, 0.05) is 9.13 Å². The van der Waals surface area contributed by atoms with E-state index in [1.807, 2.05) is 0 Å². The van der Waals surface area contributed by atoms with Crippen LogP contribution in [0.25, 0.3) is 0 Å². The number of carbonyl (C=O) groups excluding carboxylic acids is 1. The van der Waals surface area contributed by atoms with Gasteiger partial charge in [-0.25, -0.2) is 8.78 Å². The van der Waals surface area contributed by atoms with Crippen LogP contribution in [0.15, 0.2) is 30.3 Å². The van der Waals surface area contributed by atoms with E-state index in [0.717, 1.165) is 40.8 Å². The molecule has 0 aromatic heterocycles. The zero-order valence-electron chi connectivity index (χ0n) is 15.7. The molecule has 0 saturated heterocycles. The highest BCUT2D eigenvalue weighted by molar-refractivity contribution is 14.1. The van der Waals surface area contributed by atoms with E-state index in [1.54, 1.807) is 5.32 Å². The zero-order valence-corrected chi connectivity index (χ0v) is 17.8. The number of alkyl halides is 10. The summed E-state index contributed by atoms with van der Waals surface area (Å²) >= 11 is 0.925. The van der Waals surface area contributed by atoms with E-state index >= 15 is 0 Å². The van der Waals surface area contributed by atoms with Crippen LogP contribution in [0.3, 0.4) is 0 Å². The van der Waals surface area contributed by atoms with E-state index in [1.165, 1.54) is 5.48 Å². The summed E-state index contributed by atoms with van der Waals surface area (Å²) in [5.41, 5.74) is -9.73. The molecule has 2 rings (SSSR count). The molecule has 34 heavy (non-hydrogen) atoms. The molecule has 0 spiro atoms. The van der Waals surface area contributed by atoms with Gasteiger partial charge >= 0.3 is 24.4 Å². The molecule has 0 unspecified atom stereocenters. The SMILES string of the molecule is O=C(Nc1c(I)cc(C(F)(C(F)(F)F)C(F)(F)F)cc1OC(F)(F)F)c1cccc(NO)c1F. The van der Waals surface area contributed by atoms with Gasteiger partial charge in [-0.05, 0) is 46.9 Å². The summed E-state index contributed by atoms with van der Waals surface area (Å²) < 4.78 is 148. The van der Waals surface area contributed by atoms with Crippen LogP contribution < -0.4 is 15.5 Å². The molecule has 0 aliphatic rings. The number of halogens is 12. The Balaban J connectivity index is 2.70. The molecular formula is C17H8F11IN2O3. The van der Waals surface area contributed by atoms with Crippen LogP contribution in [-0.2, 0) is 5.67 Å². The van der Waals surface area contributed by atoms with Gasteiger partial charge in [0.25, 0.3) is 5.91 Å². The van der Waals surface area contributed by atoms with Crippen molar-refractivity contribution in [2.24, 2.45) is 0 Å². The number of rotatable bonds is 5. The maximum Gasteiger partial charge on any atom is 0.573 e. The van der Waals surface area contributed by atoms with Crippen LogP contribution in [0.4, 0.5) is 59.7 Å². The Morgan fingerprint density at radius 3 is 1.97 bits per heavy atom. The highest BCUT2D eigenvalue weighted by Crippen LogP contribution is 2.54. The van der Waals surface area contributed by atoms with Crippen molar-refractivity contribution in [3.8, 4) is 5.75 Å². The van der Waals surface area contributed by atoms with Gasteiger partial charge in [-0.3, -0.25) is 15.5 Å². The summed E-state index contributed by atoms with van der Waals surface area (Å²) in [4.78, 5) is 12.3. The van der Waals surface area contributed by atoms with Gasteiger partial charge in [-0.1, -0.05) is 6.07 Å². The maximum absolute atomic E-state index is 14.4. The van der Waals surface area contributed by atoms with Crippen LogP contribution in [0.2, 0.25) is 0 Å². The van der Waals surface area contributed by atoms with Crippen LogP contribution >= 0.6 is 22.6 Å². The summed E-state index contributed by atoms with van der Waals surface area (Å²) in [6.07, 6.45) is -19.0. The molecule has 0 atom stereocenters. The van der Waals surface area contributed by atoms with Crippen molar-refractivity contribution in [1.29, 1.82) is 0 Å². The molecule has 0 heterocycles. The van der Waals surface area contributed by atoms with Gasteiger partial charge in [0.2, 0.25) is 0 Å². The summed E-state index contributed by atoms with van der Waals surface area (Å²) in [6.45, 7) is 0. The van der Waals surface area contributed by atoms with Crippen molar-refractivity contribution < 1.29 is 63.0 Å². The number of hydrogen-bond donors (Lipinski definition) is 3. The number of ether oxygens (including phenoxy) is 1. The molecular weight excluding hydrogens is 616 g/mol. The lowest BCUT2D eigenvalue weighted by Gasteiger charge is -2.31. The molecule has 17 heteroatoms. The van der Waals surface area contributed by atoms with Gasteiger partial charge in [-0.2, -0.15) is 26.3 Å².